The monoisotopic (exact) mass is 418 g/mol. The second kappa shape index (κ2) is 9.56. The predicted molar refractivity (Wildman–Crippen MR) is 113 cm³/mol. The van der Waals surface area contributed by atoms with Crippen molar-refractivity contribution in [3.05, 3.63) is 59.7 Å². The molecule has 0 aliphatic carbocycles. The van der Waals surface area contributed by atoms with Crippen molar-refractivity contribution in [2.24, 2.45) is 0 Å². The number of ether oxygens (including phenoxy) is 1. The summed E-state index contributed by atoms with van der Waals surface area (Å²) in [4.78, 5) is 24.1. The van der Waals surface area contributed by atoms with Crippen molar-refractivity contribution in [1.82, 2.24) is 5.32 Å². The summed E-state index contributed by atoms with van der Waals surface area (Å²) in [5.41, 5.74) is 1.51. The Morgan fingerprint density at radius 3 is 2.34 bits per heavy atom. The summed E-state index contributed by atoms with van der Waals surface area (Å²) >= 11 is 0. The van der Waals surface area contributed by atoms with Crippen LogP contribution in [0.4, 0.5) is 5.69 Å². The van der Waals surface area contributed by atoms with E-state index in [1.807, 2.05) is 38.1 Å². The first-order valence-electron chi connectivity index (χ1n) is 9.22. The van der Waals surface area contributed by atoms with Gasteiger partial charge in [0.1, 0.15) is 12.3 Å². The highest BCUT2D eigenvalue weighted by Gasteiger charge is 2.22. The van der Waals surface area contributed by atoms with E-state index in [9.17, 15) is 18.0 Å². The maximum absolute atomic E-state index is 12.5. The molecule has 0 saturated carbocycles. The van der Waals surface area contributed by atoms with Crippen LogP contribution >= 0.6 is 0 Å². The summed E-state index contributed by atoms with van der Waals surface area (Å²) in [6.45, 7) is 5.29. The van der Waals surface area contributed by atoms with Crippen molar-refractivity contribution < 1.29 is 22.7 Å². The van der Waals surface area contributed by atoms with Gasteiger partial charge in [-0.25, -0.2) is 8.42 Å². The molecule has 1 amide bonds. The number of carbonyl (C=O) groups excluding carboxylic acids is 2. The van der Waals surface area contributed by atoms with Gasteiger partial charge in [-0.3, -0.25) is 13.9 Å². The van der Waals surface area contributed by atoms with E-state index in [1.54, 1.807) is 18.2 Å². The molecule has 2 aromatic rings. The average molecular weight is 419 g/mol. The van der Waals surface area contributed by atoms with E-state index < -0.39 is 15.9 Å². The summed E-state index contributed by atoms with van der Waals surface area (Å²) in [6.07, 6.45) is 1.02. The van der Waals surface area contributed by atoms with Gasteiger partial charge in [0.2, 0.25) is 15.9 Å². The molecule has 0 saturated heterocycles. The lowest BCUT2D eigenvalue weighted by Crippen LogP contribution is -2.41. The van der Waals surface area contributed by atoms with Crippen LogP contribution in [-0.2, 0) is 14.8 Å². The Kier molecular flexibility index (Phi) is 7.39. The third kappa shape index (κ3) is 6.32. The smallest absolute Gasteiger partial charge is 0.241 e. The standard InChI is InChI=1S/C21H26N2O5S/c1-5-28-20-11-9-17(10-12-20)15(2)22-21(25)14-23(29(4,26)27)19-8-6-7-18(13-19)16(3)24/h6-13,15H,5,14H2,1-4H3,(H,22,25)/t15-/m0/s1. The van der Waals surface area contributed by atoms with Crippen LogP contribution in [0.25, 0.3) is 0 Å². The molecule has 1 N–H and O–H groups in total. The summed E-state index contributed by atoms with van der Waals surface area (Å²) in [5, 5.41) is 2.80. The lowest BCUT2D eigenvalue weighted by atomic mass is 10.1. The van der Waals surface area contributed by atoms with Crippen LogP contribution in [0.3, 0.4) is 0 Å². The summed E-state index contributed by atoms with van der Waals surface area (Å²) in [6, 6.07) is 13.2. The maximum Gasteiger partial charge on any atom is 0.241 e. The molecule has 156 valence electrons. The van der Waals surface area contributed by atoms with Gasteiger partial charge in [-0.15, -0.1) is 0 Å². The zero-order chi connectivity index (χ0) is 21.6. The van der Waals surface area contributed by atoms with Gasteiger partial charge in [-0.2, -0.15) is 0 Å². The lowest BCUT2D eigenvalue weighted by Gasteiger charge is -2.23. The van der Waals surface area contributed by atoms with Gasteiger partial charge in [0.05, 0.1) is 24.6 Å². The molecular formula is C21H26N2O5S. The second-order valence-electron chi connectivity index (χ2n) is 6.67. The maximum atomic E-state index is 12.5. The van der Waals surface area contributed by atoms with Gasteiger partial charge in [-0.05, 0) is 50.6 Å². The summed E-state index contributed by atoms with van der Waals surface area (Å²) in [7, 11) is -3.72. The Bertz CT molecular complexity index is 971. The van der Waals surface area contributed by atoms with Crippen molar-refractivity contribution in [3.8, 4) is 5.75 Å². The Hall–Kier alpha value is -2.87. The third-order valence-corrected chi connectivity index (χ3v) is 5.44. The Balaban J connectivity index is 2.14. The fourth-order valence-corrected chi connectivity index (χ4v) is 3.65. The first-order chi connectivity index (χ1) is 13.6. The molecule has 0 aliphatic heterocycles. The van der Waals surface area contributed by atoms with Gasteiger partial charge < -0.3 is 10.1 Å². The molecule has 2 aromatic carbocycles. The molecule has 0 fully saturated rings. The van der Waals surface area contributed by atoms with Crippen molar-refractivity contribution >= 4 is 27.4 Å². The van der Waals surface area contributed by atoms with E-state index in [4.69, 9.17) is 4.74 Å². The highest BCUT2D eigenvalue weighted by atomic mass is 32.2. The number of nitrogens with one attached hydrogen (secondary N) is 1. The topological polar surface area (TPSA) is 92.8 Å². The number of nitrogens with zero attached hydrogens (tertiary/aromatic N) is 1. The zero-order valence-electron chi connectivity index (χ0n) is 17.0. The van der Waals surface area contributed by atoms with E-state index in [-0.39, 0.29) is 24.1 Å². The van der Waals surface area contributed by atoms with E-state index in [1.165, 1.54) is 13.0 Å². The minimum atomic E-state index is -3.72. The number of benzene rings is 2. The number of carbonyl (C=O) groups is 2. The van der Waals surface area contributed by atoms with Crippen molar-refractivity contribution in [2.75, 3.05) is 23.7 Å². The molecule has 0 unspecified atom stereocenters. The SMILES string of the molecule is CCOc1ccc([C@H](C)NC(=O)CN(c2cccc(C(C)=O)c2)S(C)(=O)=O)cc1. The normalized spacial score (nSPS) is 12.1. The number of Topliss-reactive ketones (excluding diaryl/α,β-unsaturated/α-hetero) is 1. The fraction of sp³-hybridized carbons (Fsp3) is 0.333. The highest BCUT2D eigenvalue weighted by molar-refractivity contribution is 7.92. The van der Waals surface area contributed by atoms with E-state index >= 15 is 0 Å². The molecule has 0 radical (unpaired) electrons. The number of anilines is 1. The van der Waals surface area contributed by atoms with Crippen molar-refractivity contribution in [2.45, 2.75) is 26.8 Å². The molecule has 1 atom stereocenters. The van der Waals surface area contributed by atoms with Crippen LogP contribution < -0.4 is 14.4 Å². The molecule has 2 rings (SSSR count). The molecule has 0 aromatic heterocycles. The molecular weight excluding hydrogens is 392 g/mol. The van der Waals surface area contributed by atoms with Crippen molar-refractivity contribution in [1.29, 1.82) is 0 Å². The quantitative estimate of drug-likeness (QED) is 0.632. The first kappa shape index (κ1) is 22.4. The lowest BCUT2D eigenvalue weighted by molar-refractivity contribution is -0.120. The number of hydrogen-bond donors (Lipinski definition) is 1. The van der Waals surface area contributed by atoms with Crippen LogP contribution in [-0.4, -0.2) is 39.5 Å². The van der Waals surface area contributed by atoms with Crippen LogP contribution in [0.15, 0.2) is 48.5 Å². The highest BCUT2D eigenvalue weighted by Crippen LogP contribution is 2.21. The van der Waals surface area contributed by atoms with E-state index in [0.29, 0.717) is 12.2 Å². The molecule has 29 heavy (non-hydrogen) atoms. The molecule has 0 spiro atoms. The van der Waals surface area contributed by atoms with Gasteiger partial charge in [-0.1, -0.05) is 24.3 Å². The molecule has 8 heteroatoms. The van der Waals surface area contributed by atoms with E-state index in [2.05, 4.69) is 5.32 Å². The molecule has 0 heterocycles. The minimum absolute atomic E-state index is 0.186. The van der Waals surface area contributed by atoms with Gasteiger partial charge in [0, 0.05) is 5.56 Å². The van der Waals surface area contributed by atoms with Crippen LogP contribution in [0.1, 0.15) is 42.7 Å². The second-order valence-corrected chi connectivity index (χ2v) is 8.57. The number of sulfonamides is 1. The molecule has 0 bridgehead atoms. The third-order valence-electron chi connectivity index (χ3n) is 4.30. The number of ketones is 1. The zero-order valence-corrected chi connectivity index (χ0v) is 17.8. The largest absolute Gasteiger partial charge is 0.494 e. The first-order valence-corrected chi connectivity index (χ1v) is 11.1. The van der Waals surface area contributed by atoms with Gasteiger partial charge in [0.25, 0.3) is 0 Å². The average Bonchev–Trinajstić information content (AvgIpc) is 2.66. The molecule has 0 aliphatic rings. The Morgan fingerprint density at radius 1 is 1.14 bits per heavy atom. The molecule has 7 nitrogen and oxygen atoms in total. The fourth-order valence-electron chi connectivity index (χ4n) is 2.80. The minimum Gasteiger partial charge on any atom is -0.494 e. The van der Waals surface area contributed by atoms with Crippen molar-refractivity contribution in [3.63, 3.8) is 0 Å². The number of amides is 1. The van der Waals surface area contributed by atoms with Gasteiger partial charge >= 0.3 is 0 Å². The van der Waals surface area contributed by atoms with E-state index in [0.717, 1.165) is 21.9 Å². The van der Waals surface area contributed by atoms with Crippen LogP contribution in [0.2, 0.25) is 0 Å². The van der Waals surface area contributed by atoms with Gasteiger partial charge in [0.15, 0.2) is 5.78 Å². The van der Waals surface area contributed by atoms with Crippen LogP contribution in [0.5, 0.6) is 5.75 Å². The number of hydrogen-bond acceptors (Lipinski definition) is 5. The Labute approximate surface area is 171 Å². The van der Waals surface area contributed by atoms with Crippen LogP contribution in [0, 0.1) is 0 Å². The summed E-state index contributed by atoms with van der Waals surface area (Å²) in [5.74, 6) is 0.0993. The summed E-state index contributed by atoms with van der Waals surface area (Å²) < 4.78 is 30.9. The number of rotatable bonds is 9. The predicted octanol–water partition coefficient (Wildman–Crippen LogP) is 2.93. The Morgan fingerprint density at radius 2 is 1.79 bits per heavy atom.